The molecule has 1 aromatic carbocycles. The number of nitrogens with zero attached hydrogens (tertiary/aromatic N) is 1. The van der Waals surface area contributed by atoms with Crippen LogP contribution in [0.1, 0.15) is 61.4 Å². The minimum absolute atomic E-state index is 0.0939. The van der Waals surface area contributed by atoms with Gasteiger partial charge in [-0.1, -0.05) is 31.0 Å². The third kappa shape index (κ3) is 3.37. The van der Waals surface area contributed by atoms with E-state index in [1.165, 1.54) is 12.8 Å². The number of carboxylic acid groups (broad SMARTS) is 1. The van der Waals surface area contributed by atoms with Gasteiger partial charge in [-0.2, -0.15) is 0 Å². The first-order chi connectivity index (χ1) is 12.5. The van der Waals surface area contributed by atoms with Crippen LogP contribution < -0.4 is 0 Å². The molecular weight excluding hydrogens is 330 g/mol. The first-order valence-electron chi connectivity index (χ1n) is 9.68. The molecule has 2 unspecified atom stereocenters. The maximum atomic E-state index is 12.8. The molecule has 0 aliphatic heterocycles. The smallest absolute Gasteiger partial charge is 0.335 e. The van der Waals surface area contributed by atoms with E-state index in [1.807, 2.05) is 24.9 Å². The van der Waals surface area contributed by atoms with Crippen LogP contribution in [-0.2, 0) is 16.0 Å². The summed E-state index contributed by atoms with van der Waals surface area (Å²) in [6.07, 6.45) is 6.71. The fourth-order valence-electron chi connectivity index (χ4n) is 4.93. The van der Waals surface area contributed by atoms with Crippen LogP contribution in [0.3, 0.4) is 0 Å². The third-order valence-electron chi connectivity index (χ3n) is 6.36. The standard InChI is InChI=1S/C21H29NO4/c1-3-26-18-14-17(21(18)12-6-7-13-21)22(2)19(23)11-10-15-8-4-5-9-16(15)20(24)25/h4-5,8-9,17-18H,3,6-7,10-14H2,1-2H3,(H,24,25). The molecule has 0 aromatic heterocycles. The summed E-state index contributed by atoms with van der Waals surface area (Å²) in [6, 6.07) is 7.18. The van der Waals surface area contributed by atoms with Crippen molar-refractivity contribution < 1.29 is 19.4 Å². The Morgan fingerprint density at radius 3 is 2.62 bits per heavy atom. The number of amides is 1. The fourth-order valence-corrected chi connectivity index (χ4v) is 4.93. The summed E-state index contributed by atoms with van der Waals surface area (Å²) in [5.41, 5.74) is 1.15. The number of hydrogen-bond acceptors (Lipinski definition) is 3. The molecule has 2 aliphatic rings. The number of rotatable bonds is 7. The third-order valence-corrected chi connectivity index (χ3v) is 6.36. The van der Waals surface area contributed by atoms with Crippen LogP contribution in [0.4, 0.5) is 0 Å². The van der Waals surface area contributed by atoms with Crippen molar-refractivity contribution in [1.82, 2.24) is 4.90 Å². The van der Waals surface area contributed by atoms with Gasteiger partial charge < -0.3 is 14.7 Å². The highest BCUT2D eigenvalue weighted by Crippen LogP contribution is 2.56. The SMILES string of the molecule is CCOC1CC(N(C)C(=O)CCc2ccccc2C(=O)O)C12CCCC2. The van der Waals surface area contributed by atoms with Crippen LogP contribution >= 0.6 is 0 Å². The summed E-state index contributed by atoms with van der Waals surface area (Å²) in [5, 5.41) is 9.29. The number of carbonyl (C=O) groups is 2. The van der Waals surface area contributed by atoms with Gasteiger partial charge in [-0.15, -0.1) is 0 Å². The molecule has 3 rings (SSSR count). The second kappa shape index (κ2) is 7.78. The van der Waals surface area contributed by atoms with E-state index in [0.717, 1.165) is 31.4 Å². The van der Waals surface area contributed by atoms with Crippen LogP contribution in [0.25, 0.3) is 0 Å². The van der Waals surface area contributed by atoms with E-state index in [9.17, 15) is 14.7 Å². The molecule has 1 spiro atoms. The Balaban J connectivity index is 1.63. The molecule has 26 heavy (non-hydrogen) atoms. The van der Waals surface area contributed by atoms with E-state index < -0.39 is 5.97 Å². The Labute approximate surface area is 155 Å². The van der Waals surface area contributed by atoms with Crippen molar-refractivity contribution in [2.24, 2.45) is 5.41 Å². The number of aromatic carboxylic acids is 1. The van der Waals surface area contributed by atoms with Crippen LogP contribution in [-0.4, -0.2) is 47.7 Å². The number of aryl methyl sites for hydroxylation is 1. The number of benzene rings is 1. The molecule has 1 amide bonds. The van der Waals surface area contributed by atoms with Gasteiger partial charge in [-0.3, -0.25) is 4.79 Å². The number of carboxylic acids is 1. The molecule has 2 aliphatic carbocycles. The monoisotopic (exact) mass is 359 g/mol. The number of hydrogen-bond donors (Lipinski definition) is 1. The molecule has 1 N–H and O–H groups in total. The molecule has 2 saturated carbocycles. The normalized spacial score (nSPS) is 23.6. The summed E-state index contributed by atoms with van der Waals surface area (Å²) in [6.45, 7) is 2.76. The van der Waals surface area contributed by atoms with Crippen molar-refractivity contribution in [3.8, 4) is 0 Å². The molecule has 0 heterocycles. The molecule has 0 bridgehead atoms. The van der Waals surface area contributed by atoms with Crippen LogP contribution in [0.15, 0.2) is 24.3 Å². The van der Waals surface area contributed by atoms with Crippen LogP contribution in [0.2, 0.25) is 0 Å². The summed E-state index contributed by atoms with van der Waals surface area (Å²) >= 11 is 0. The minimum Gasteiger partial charge on any atom is -0.478 e. The highest BCUT2D eigenvalue weighted by molar-refractivity contribution is 5.89. The summed E-state index contributed by atoms with van der Waals surface area (Å²) in [4.78, 5) is 26.0. The average molecular weight is 359 g/mol. The quantitative estimate of drug-likeness (QED) is 0.809. The van der Waals surface area contributed by atoms with E-state index in [4.69, 9.17) is 4.74 Å². The molecule has 142 valence electrons. The first-order valence-corrected chi connectivity index (χ1v) is 9.68. The van der Waals surface area contributed by atoms with Gasteiger partial charge in [0.1, 0.15) is 0 Å². The zero-order valence-electron chi connectivity index (χ0n) is 15.7. The van der Waals surface area contributed by atoms with Gasteiger partial charge in [0.15, 0.2) is 0 Å². The van der Waals surface area contributed by atoms with E-state index in [2.05, 4.69) is 0 Å². The lowest BCUT2D eigenvalue weighted by Gasteiger charge is -2.57. The lowest BCUT2D eigenvalue weighted by Crippen LogP contribution is -2.64. The van der Waals surface area contributed by atoms with Gasteiger partial charge in [0.05, 0.1) is 11.7 Å². The van der Waals surface area contributed by atoms with E-state index in [-0.39, 0.29) is 29.0 Å². The van der Waals surface area contributed by atoms with Crippen molar-refractivity contribution in [3.05, 3.63) is 35.4 Å². The molecule has 2 atom stereocenters. The lowest BCUT2D eigenvalue weighted by molar-refractivity contribution is -0.172. The molecular formula is C21H29NO4. The Hall–Kier alpha value is -1.88. The average Bonchev–Trinajstić information content (AvgIpc) is 3.15. The predicted molar refractivity (Wildman–Crippen MR) is 99.2 cm³/mol. The summed E-state index contributed by atoms with van der Waals surface area (Å²) in [7, 11) is 1.90. The lowest BCUT2D eigenvalue weighted by atomic mass is 9.60. The maximum absolute atomic E-state index is 12.8. The van der Waals surface area contributed by atoms with Crippen LogP contribution in [0, 0.1) is 5.41 Å². The van der Waals surface area contributed by atoms with Crippen LogP contribution in [0.5, 0.6) is 0 Å². The van der Waals surface area contributed by atoms with Crippen molar-refractivity contribution in [1.29, 1.82) is 0 Å². The predicted octanol–water partition coefficient (Wildman–Crippen LogP) is 3.51. The number of carbonyl (C=O) groups excluding carboxylic acids is 1. The molecule has 0 saturated heterocycles. The van der Waals surface area contributed by atoms with Crippen molar-refractivity contribution in [2.75, 3.05) is 13.7 Å². The fraction of sp³-hybridized carbons (Fsp3) is 0.619. The Morgan fingerprint density at radius 2 is 1.96 bits per heavy atom. The van der Waals surface area contributed by atoms with Gasteiger partial charge in [0.25, 0.3) is 0 Å². The highest BCUT2D eigenvalue weighted by Gasteiger charge is 2.58. The molecule has 0 radical (unpaired) electrons. The second-order valence-corrected chi connectivity index (χ2v) is 7.60. The zero-order valence-corrected chi connectivity index (χ0v) is 15.7. The van der Waals surface area contributed by atoms with Gasteiger partial charge in [0.2, 0.25) is 5.91 Å². The molecule has 2 fully saturated rings. The highest BCUT2D eigenvalue weighted by atomic mass is 16.5. The van der Waals surface area contributed by atoms with Crippen molar-refractivity contribution >= 4 is 11.9 Å². The first kappa shape index (κ1) is 18.9. The van der Waals surface area contributed by atoms with E-state index >= 15 is 0 Å². The second-order valence-electron chi connectivity index (χ2n) is 7.60. The Kier molecular flexibility index (Phi) is 5.66. The molecule has 1 aromatic rings. The minimum atomic E-state index is -0.940. The topological polar surface area (TPSA) is 66.8 Å². The van der Waals surface area contributed by atoms with Gasteiger partial charge in [-0.25, -0.2) is 4.79 Å². The maximum Gasteiger partial charge on any atom is 0.335 e. The van der Waals surface area contributed by atoms with E-state index in [1.54, 1.807) is 18.2 Å². The summed E-state index contributed by atoms with van der Waals surface area (Å²) < 4.78 is 5.94. The van der Waals surface area contributed by atoms with E-state index in [0.29, 0.717) is 12.8 Å². The van der Waals surface area contributed by atoms with Gasteiger partial charge in [-0.05, 0) is 44.2 Å². The van der Waals surface area contributed by atoms with Gasteiger partial charge >= 0.3 is 5.97 Å². The van der Waals surface area contributed by atoms with Crippen molar-refractivity contribution in [3.63, 3.8) is 0 Å². The van der Waals surface area contributed by atoms with Crippen molar-refractivity contribution in [2.45, 2.75) is 64.0 Å². The Morgan fingerprint density at radius 1 is 1.27 bits per heavy atom. The zero-order chi connectivity index (χ0) is 18.7. The number of ether oxygens (including phenoxy) is 1. The summed E-state index contributed by atoms with van der Waals surface area (Å²) in [5.74, 6) is -0.846. The molecule has 5 nitrogen and oxygen atoms in total. The molecule has 5 heteroatoms. The largest absolute Gasteiger partial charge is 0.478 e. The van der Waals surface area contributed by atoms with Gasteiger partial charge in [0, 0.05) is 31.5 Å². The Bertz CT molecular complexity index is 666.